The number of likely N-dealkylation sites (tertiary alicyclic amines) is 1. The van der Waals surface area contributed by atoms with Crippen LogP contribution in [0.15, 0.2) is 48.5 Å². The minimum atomic E-state index is -0.962. The van der Waals surface area contributed by atoms with Crippen LogP contribution in [-0.4, -0.2) is 55.0 Å². The molecule has 204 valence electrons. The Kier molecular flexibility index (Phi) is 7.20. The number of halogens is 3. The highest BCUT2D eigenvalue weighted by Crippen LogP contribution is 2.44. The van der Waals surface area contributed by atoms with Crippen LogP contribution >= 0.6 is 0 Å². The number of pyridine rings is 1. The molecule has 2 aromatic carbocycles. The van der Waals surface area contributed by atoms with Gasteiger partial charge in [-0.05, 0) is 68.1 Å². The summed E-state index contributed by atoms with van der Waals surface area (Å²) < 4.78 is 53.3. The number of hydrogen-bond donors (Lipinski definition) is 1. The van der Waals surface area contributed by atoms with Crippen LogP contribution in [0.5, 0.6) is 11.5 Å². The van der Waals surface area contributed by atoms with Crippen LogP contribution in [0, 0.1) is 22.9 Å². The molecule has 3 aromatic rings. The lowest BCUT2D eigenvalue weighted by molar-refractivity contribution is -0.0198. The number of nitrogens with zero attached hydrogens (tertiary/aromatic N) is 2. The number of rotatable bonds is 6. The Morgan fingerprint density at radius 3 is 2.23 bits per heavy atom. The van der Waals surface area contributed by atoms with Crippen molar-refractivity contribution >= 4 is 11.8 Å². The van der Waals surface area contributed by atoms with E-state index >= 15 is 0 Å². The van der Waals surface area contributed by atoms with Gasteiger partial charge in [-0.2, -0.15) is 0 Å². The van der Waals surface area contributed by atoms with Crippen LogP contribution in [0.3, 0.4) is 0 Å². The number of benzene rings is 2. The molecule has 1 N–H and O–H groups in total. The summed E-state index contributed by atoms with van der Waals surface area (Å²) in [5.41, 5.74) is -0.734. The summed E-state index contributed by atoms with van der Waals surface area (Å²) in [5, 5.41) is 2.91. The molecule has 0 atom stereocenters. The number of ether oxygens (including phenoxy) is 2. The van der Waals surface area contributed by atoms with Crippen molar-refractivity contribution in [2.75, 3.05) is 27.3 Å². The Bertz CT molecular complexity index is 1390. The van der Waals surface area contributed by atoms with Crippen LogP contribution in [-0.2, 0) is 0 Å². The molecule has 1 spiro atoms. The van der Waals surface area contributed by atoms with E-state index in [1.165, 1.54) is 26.4 Å². The van der Waals surface area contributed by atoms with E-state index in [1.54, 1.807) is 18.2 Å². The predicted octanol–water partition coefficient (Wildman–Crippen LogP) is 5.00. The van der Waals surface area contributed by atoms with Crippen molar-refractivity contribution in [3.05, 3.63) is 77.2 Å². The molecule has 2 aliphatic rings. The van der Waals surface area contributed by atoms with Crippen molar-refractivity contribution in [2.45, 2.75) is 31.7 Å². The van der Waals surface area contributed by atoms with E-state index in [4.69, 9.17) is 9.47 Å². The van der Waals surface area contributed by atoms with E-state index in [0.29, 0.717) is 43.0 Å². The molecule has 1 aromatic heterocycles. The van der Waals surface area contributed by atoms with Crippen molar-refractivity contribution in [2.24, 2.45) is 5.41 Å². The van der Waals surface area contributed by atoms with Crippen molar-refractivity contribution < 1.29 is 32.2 Å². The van der Waals surface area contributed by atoms with Gasteiger partial charge in [0.2, 0.25) is 0 Å². The number of carbonyl (C=O) groups is 2. The summed E-state index contributed by atoms with van der Waals surface area (Å²) in [4.78, 5) is 31.6. The number of hydrogen-bond acceptors (Lipinski definition) is 5. The Hall–Kier alpha value is -4.08. The molecule has 2 fully saturated rings. The van der Waals surface area contributed by atoms with Crippen molar-refractivity contribution in [3.63, 3.8) is 0 Å². The molecule has 5 rings (SSSR count). The van der Waals surface area contributed by atoms with E-state index < -0.39 is 34.6 Å². The highest BCUT2D eigenvalue weighted by atomic mass is 19.1. The largest absolute Gasteiger partial charge is 0.493 e. The third kappa shape index (κ3) is 5.15. The fraction of sp³-hybridized carbons (Fsp3) is 0.345. The minimum absolute atomic E-state index is 0.0110. The summed E-state index contributed by atoms with van der Waals surface area (Å²) in [6.45, 7) is 1.27. The topological polar surface area (TPSA) is 80.8 Å². The van der Waals surface area contributed by atoms with Gasteiger partial charge in [0, 0.05) is 30.1 Å². The number of carbonyl (C=O) groups excluding carboxylic acids is 2. The maximum Gasteiger partial charge on any atom is 0.270 e. The van der Waals surface area contributed by atoms with Crippen molar-refractivity contribution in [3.8, 4) is 22.8 Å². The van der Waals surface area contributed by atoms with Gasteiger partial charge >= 0.3 is 0 Å². The lowest BCUT2D eigenvalue weighted by atomic mass is 9.67. The molecular formula is C29H28F3N3O4. The van der Waals surface area contributed by atoms with E-state index in [1.807, 2.05) is 4.90 Å². The summed E-state index contributed by atoms with van der Waals surface area (Å²) in [6.07, 6.45) is 3.08. The third-order valence-corrected chi connectivity index (χ3v) is 7.63. The molecule has 1 saturated heterocycles. The molecule has 1 aliphatic heterocycles. The number of aromatic nitrogens is 1. The molecule has 0 unspecified atom stereocenters. The quantitative estimate of drug-likeness (QED) is 0.477. The Labute approximate surface area is 223 Å². The van der Waals surface area contributed by atoms with E-state index in [2.05, 4.69) is 10.3 Å². The smallest absolute Gasteiger partial charge is 0.270 e. The zero-order valence-electron chi connectivity index (χ0n) is 21.6. The van der Waals surface area contributed by atoms with Crippen LogP contribution in [0.2, 0.25) is 0 Å². The first kappa shape index (κ1) is 26.5. The molecule has 0 bridgehead atoms. The van der Waals surface area contributed by atoms with Gasteiger partial charge in [0.1, 0.15) is 28.8 Å². The van der Waals surface area contributed by atoms with Gasteiger partial charge in [0.05, 0.1) is 19.8 Å². The van der Waals surface area contributed by atoms with Crippen molar-refractivity contribution in [1.82, 2.24) is 15.2 Å². The van der Waals surface area contributed by atoms with Gasteiger partial charge in [-0.15, -0.1) is 0 Å². The molecule has 1 saturated carbocycles. The molecule has 0 radical (unpaired) electrons. The maximum absolute atomic E-state index is 14.4. The van der Waals surface area contributed by atoms with Crippen LogP contribution in [0.25, 0.3) is 11.3 Å². The first-order chi connectivity index (χ1) is 18.7. The SMILES string of the molecule is COc1ccc(C(=O)N2CC3(CCC(NC(=O)c4ccc(F)c(-c5c(F)cccc5F)n4)CC3)C2)cc1OC. The number of methoxy groups -OCH3 is 2. The fourth-order valence-electron chi connectivity index (χ4n) is 5.48. The standard InChI is InChI=1S/C29H28F3N3O4/c1-38-23-9-6-17(14-24(23)39-2)28(37)35-15-29(16-35)12-10-18(11-13-29)33-27(36)22-8-7-21(32)26(34-22)25-19(30)4-3-5-20(25)31/h3-9,14,18H,10-13,15-16H2,1-2H3,(H,33,36). The molecule has 10 heteroatoms. The van der Waals surface area contributed by atoms with E-state index in [9.17, 15) is 22.8 Å². The van der Waals surface area contributed by atoms with Crippen LogP contribution in [0.4, 0.5) is 13.2 Å². The first-order valence-electron chi connectivity index (χ1n) is 12.7. The second-order valence-corrected chi connectivity index (χ2v) is 10.1. The van der Waals surface area contributed by atoms with E-state index in [0.717, 1.165) is 31.0 Å². The summed E-state index contributed by atoms with van der Waals surface area (Å²) in [6, 6.07) is 10.3. The average Bonchev–Trinajstić information content (AvgIpc) is 2.92. The molecule has 2 amide bonds. The zero-order valence-corrected chi connectivity index (χ0v) is 21.6. The molecule has 1 aliphatic carbocycles. The minimum Gasteiger partial charge on any atom is -0.493 e. The number of amides is 2. The van der Waals surface area contributed by atoms with Crippen LogP contribution in [0.1, 0.15) is 46.5 Å². The Balaban J connectivity index is 1.18. The van der Waals surface area contributed by atoms with Gasteiger partial charge in [0.25, 0.3) is 11.8 Å². The lowest BCUT2D eigenvalue weighted by Crippen LogP contribution is -2.60. The third-order valence-electron chi connectivity index (χ3n) is 7.63. The molecular weight excluding hydrogens is 511 g/mol. The zero-order chi connectivity index (χ0) is 27.7. The fourth-order valence-corrected chi connectivity index (χ4v) is 5.48. The Morgan fingerprint density at radius 2 is 1.59 bits per heavy atom. The average molecular weight is 540 g/mol. The molecule has 7 nitrogen and oxygen atoms in total. The summed E-state index contributed by atoms with van der Waals surface area (Å²) in [7, 11) is 3.06. The summed E-state index contributed by atoms with van der Waals surface area (Å²) in [5.74, 6) is -2.40. The van der Waals surface area contributed by atoms with Crippen molar-refractivity contribution in [1.29, 1.82) is 0 Å². The van der Waals surface area contributed by atoms with Gasteiger partial charge in [0.15, 0.2) is 11.5 Å². The molecule has 39 heavy (non-hydrogen) atoms. The highest BCUT2D eigenvalue weighted by Gasteiger charge is 2.47. The summed E-state index contributed by atoms with van der Waals surface area (Å²) >= 11 is 0. The van der Waals surface area contributed by atoms with Gasteiger partial charge in [-0.1, -0.05) is 6.07 Å². The van der Waals surface area contributed by atoms with Gasteiger partial charge in [-0.25, -0.2) is 18.2 Å². The maximum atomic E-state index is 14.4. The molecule has 2 heterocycles. The first-order valence-corrected chi connectivity index (χ1v) is 12.7. The normalized spacial score (nSPS) is 16.5. The second-order valence-electron chi connectivity index (χ2n) is 10.1. The lowest BCUT2D eigenvalue weighted by Gasteiger charge is -2.53. The highest BCUT2D eigenvalue weighted by molar-refractivity contribution is 5.95. The van der Waals surface area contributed by atoms with Gasteiger partial charge in [-0.3, -0.25) is 9.59 Å². The predicted molar refractivity (Wildman–Crippen MR) is 137 cm³/mol. The van der Waals surface area contributed by atoms with Crippen LogP contribution < -0.4 is 14.8 Å². The number of nitrogens with one attached hydrogen (secondary N) is 1. The Morgan fingerprint density at radius 1 is 0.923 bits per heavy atom. The second kappa shape index (κ2) is 10.6. The monoisotopic (exact) mass is 539 g/mol. The van der Waals surface area contributed by atoms with E-state index in [-0.39, 0.29) is 23.1 Å². The van der Waals surface area contributed by atoms with Gasteiger partial charge < -0.3 is 19.7 Å².